The maximum atomic E-state index is 11.0. The molecule has 0 saturated carbocycles. The Morgan fingerprint density at radius 3 is 3.06 bits per heavy atom. The van der Waals surface area contributed by atoms with Crippen molar-refractivity contribution in [1.82, 2.24) is 10.2 Å². The number of nitrogens with zero attached hydrogens (tertiary/aromatic N) is 1. The second-order valence-electron chi connectivity index (χ2n) is 4.69. The molecule has 2 aliphatic heterocycles. The fourth-order valence-electron chi connectivity index (χ4n) is 2.54. The first-order chi connectivity index (χ1) is 7.68. The van der Waals surface area contributed by atoms with Crippen molar-refractivity contribution in [2.45, 2.75) is 37.8 Å². The molecule has 2 atom stereocenters. The maximum Gasteiger partial charge on any atom is 0.407 e. The number of rotatable bonds is 3. The van der Waals surface area contributed by atoms with Crippen molar-refractivity contribution in [3.8, 4) is 0 Å². The van der Waals surface area contributed by atoms with Crippen LogP contribution < -0.4 is 5.32 Å². The fourth-order valence-corrected chi connectivity index (χ4v) is 2.54. The van der Waals surface area contributed by atoms with Crippen molar-refractivity contribution in [3.63, 3.8) is 0 Å². The summed E-state index contributed by atoms with van der Waals surface area (Å²) in [5, 5.41) is 12.4. The van der Waals surface area contributed by atoms with Gasteiger partial charge in [0.05, 0.1) is 13.2 Å². The molecule has 16 heavy (non-hydrogen) atoms. The van der Waals surface area contributed by atoms with Crippen molar-refractivity contribution in [2.24, 2.45) is 0 Å². The molecule has 2 fully saturated rings. The Morgan fingerprint density at radius 2 is 2.50 bits per heavy atom. The minimum Gasteiger partial charge on any atom is -0.465 e. The smallest absolute Gasteiger partial charge is 0.407 e. The first kappa shape index (κ1) is 11.7. The molecule has 2 rings (SSSR count). The minimum atomic E-state index is -0.830. The highest BCUT2D eigenvalue weighted by atomic mass is 16.5. The van der Waals surface area contributed by atoms with Gasteiger partial charge in [0.15, 0.2) is 0 Å². The molecule has 0 bridgehead atoms. The molecule has 0 radical (unpaired) electrons. The van der Waals surface area contributed by atoms with Crippen molar-refractivity contribution < 1.29 is 14.6 Å². The molecule has 2 N–H and O–H groups in total. The summed E-state index contributed by atoms with van der Waals surface area (Å²) in [7, 11) is 0. The largest absolute Gasteiger partial charge is 0.465 e. The number of morpholine rings is 1. The minimum absolute atomic E-state index is 0.244. The molecule has 1 amide bonds. The Bertz CT molecular complexity index is 272. The zero-order valence-corrected chi connectivity index (χ0v) is 9.74. The lowest BCUT2D eigenvalue weighted by atomic mass is 9.81. The predicted octanol–water partition coefficient (Wildman–Crippen LogP) is 0.897. The number of unbranched alkanes of at least 4 members (excludes halogenated alkanes) is 1. The van der Waals surface area contributed by atoms with Gasteiger partial charge in [0.1, 0.15) is 5.60 Å². The van der Waals surface area contributed by atoms with Gasteiger partial charge in [-0.05, 0) is 6.42 Å². The van der Waals surface area contributed by atoms with Crippen LogP contribution in [-0.2, 0) is 4.74 Å². The van der Waals surface area contributed by atoms with E-state index in [1.165, 1.54) is 4.90 Å². The predicted molar refractivity (Wildman–Crippen MR) is 59.6 cm³/mol. The van der Waals surface area contributed by atoms with E-state index in [-0.39, 0.29) is 5.60 Å². The van der Waals surface area contributed by atoms with Gasteiger partial charge in [0.25, 0.3) is 0 Å². The van der Waals surface area contributed by atoms with E-state index >= 15 is 0 Å². The van der Waals surface area contributed by atoms with Gasteiger partial charge in [-0.1, -0.05) is 19.8 Å². The van der Waals surface area contributed by atoms with Crippen molar-refractivity contribution in [2.75, 3.05) is 26.2 Å². The highest BCUT2D eigenvalue weighted by molar-refractivity contribution is 5.65. The average molecular weight is 228 g/mol. The van der Waals surface area contributed by atoms with E-state index in [0.29, 0.717) is 25.7 Å². The molecule has 2 saturated heterocycles. The topological polar surface area (TPSA) is 61.8 Å². The van der Waals surface area contributed by atoms with Crippen LogP contribution in [0, 0.1) is 0 Å². The van der Waals surface area contributed by atoms with Gasteiger partial charge < -0.3 is 20.1 Å². The van der Waals surface area contributed by atoms with E-state index in [1.807, 2.05) is 0 Å². The Kier molecular flexibility index (Phi) is 3.35. The Morgan fingerprint density at radius 1 is 1.69 bits per heavy atom. The van der Waals surface area contributed by atoms with Gasteiger partial charge in [-0.3, -0.25) is 0 Å². The summed E-state index contributed by atoms with van der Waals surface area (Å²) in [5.74, 6) is 0. The number of hydrogen-bond acceptors (Lipinski definition) is 3. The number of carboxylic acid groups (broad SMARTS) is 1. The summed E-state index contributed by atoms with van der Waals surface area (Å²) in [4.78, 5) is 12.4. The monoisotopic (exact) mass is 228 g/mol. The second kappa shape index (κ2) is 4.59. The van der Waals surface area contributed by atoms with Crippen molar-refractivity contribution >= 4 is 6.09 Å². The lowest BCUT2D eigenvalue weighted by Crippen LogP contribution is -2.75. The fraction of sp³-hybridized carbons (Fsp3) is 0.909. The van der Waals surface area contributed by atoms with Gasteiger partial charge in [-0.15, -0.1) is 0 Å². The van der Waals surface area contributed by atoms with E-state index in [4.69, 9.17) is 9.84 Å². The molecular weight excluding hydrogens is 208 g/mol. The zero-order valence-electron chi connectivity index (χ0n) is 9.74. The molecule has 92 valence electrons. The number of nitrogens with one attached hydrogen (secondary N) is 1. The lowest BCUT2D eigenvalue weighted by Gasteiger charge is -2.54. The summed E-state index contributed by atoms with van der Waals surface area (Å²) >= 11 is 0. The molecule has 0 aromatic rings. The van der Waals surface area contributed by atoms with Crippen molar-refractivity contribution in [1.29, 1.82) is 0 Å². The normalized spacial score (nSPS) is 33.8. The molecule has 5 nitrogen and oxygen atoms in total. The molecule has 1 spiro atoms. The third-order valence-corrected chi connectivity index (χ3v) is 3.61. The summed E-state index contributed by atoms with van der Waals surface area (Å²) in [5.41, 5.74) is -0.244. The van der Waals surface area contributed by atoms with Crippen LogP contribution in [0.4, 0.5) is 4.79 Å². The lowest BCUT2D eigenvalue weighted by molar-refractivity contribution is -0.159. The van der Waals surface area contributed by atoms with Crippen LogP contribution in [0.25, 0.3) is 0 Å². The summed E-state index contributed by atoms with van der Waals surface area (Å²) < 4.78 is 5.82. The highest BCUT2D eigenvalue weighted by Crippen LogP contribution is 2.31. The Labute approximate surface area is 95.8 Å². The van der Waals surface area contributed by atoms with Gasteiger partial charge in [-0.25, -0.2) is 4.79 Å². The molecule has 0 aromatic heterocycles. The summed E-state index contributed by atoms with van der Waals surface area (Å²) in [6.45, 7) is 4.49. The van der Waals surface area contributed by atoms with Crippen LogP contribution in [0.5, 0.6) is 0 Å². The van der Waals surface area contributed by atoms with Crippen LogP contribution in [0.1, 0.15) is 26.2 Å². The van der Waals surface area contributed by atoms with E-state index in [2.05, 4.69) is 12.2 Å². The molecule has 2 heterocycles. The van der Waals surface area contributed by atoms with Crippen LogP contribution >= 0.6 is 0 Å². The number of amides is 1. The third-order valence-electron chi connectivity index (χ3n) is 3.61. The highest BCUT2D eigenvalue weighted by Gasteiger charge is 2.50. The zero-order chi connectivity index (χ0) is 11.6. The van der Waals surface area contributed by atoms with Crippen LogP contribution in [0.3, 0.4) is 0 Å². The average Bonchev–Trinajstić information content (AvgIpc) is 2.28. The first-order valence-electron chi connectivity index (χ1n) is 6.03. The molecule has 0 aromatic carbocycles. The third kappa shape index (κ3) is 2.01. The van der Waals surface area contributed by atoms with Crippen molar-refractivity contribution in [3.05, 3.63) is 0 Å². The molecule has 0 aliphatic carbocycles. The van der Waals surface area contributed by atoms with Crippen LogP contribution in [0.2, 0.25) is 0 Å². The van der Waals surface area contributed by atoms with Gasteiger partial charge >= 0.3 is 6.09 Å². The number of ether oxygens (including phenoxy) is 1. The van der Waals surface area contributed by atoms with E-state index in [0.717, 1.165) is 25.8 Å². The second-order valence-corrected chi connectivity index (χ2v) is 4.69. The first-order valence-corrected chi connectivity index (χ1v) is 6.03. The Balaban J connectivity index is 1.94. The van der Waals surface area contributed by atoms with Gasteiger partial charge in [0.2, 0.25) is 0 Å². The van der Waals surface area contributed by atoms with Crippen LogP contribution in [0.15, 0.2) is 0 Å². The molecule has 2 unspecified atom stereocenters. The SMILES string of the molecule is CCCCC1NCC12CN(C(=O)O)CCO2. The van der Waals surface area contributed by atoms with E-state index < -0.39 is 6.09 Å². The maximum absolute atomic E-state index is 11.0. The summed E-state index contributed by atoms with van der Waals surface area (Å²) in [6, 6.07) is 0.328. The summed E-state index contributed by atoms with van der Waals surface area (Å²) in [6.07, 6.45) is 2.57. The molecule has 5 heteroatoms. The Hall–Kier alpha value is -0.810. The molecule has 2 aliphatic rings. The van der Waals surface area contributed by atoms with Gasteiger partial charge in [-0.2, -0.15) is 0 Å². The standard InChI is InChI=1S/C11H20N2O3/c1-2-3-4-9-11(7-12-9)8-13(10(14)15)5-6-16-11/h9,12H,2-8H2,1H3,(H,14,15). The number of carbonyl (C=O) groups is 1. The van der Waals surface area contributed by atoms with Crippen LogP contribution in [-0.4, -0.2) is 54.0 Å². The molecular formula is C11H20N2O3. The quantitative estimate of drug-likeness (QED) is 0.753. The number of hydrogen-bond donors (Lipinski definition) is 2. The van der Waals surface area contributed by atoms with Gasteiger partial charge in [0, 0.05) is 19.1 Å². The van der Waals surface area contributed by atoms with E-state index in [9.17, 15) is 4.79 Å². The van der Waals surface area contributed by atoms with E-state index in [1.54, 1.807) is 0 Å².